The number of nitrogens with zero attached hydrogens (tertiary/aromatic N) is 4. The van der Waals surface area contributed by atoms with E-state index in [9.17, 15) is 14.9 Å². The van der Waals surface area contributed by atoms with Gasteiger partial charge in [0.25, 0.3) is 5.91 Å². The summed E-state index contributed by atoms with van der Waals surface area (Å²) in [5, 5.41) is 21.3. The third-order valence-electron chi connectivity index (χ3n) is 3.96. The highest BCUT2D eigenvalue weighted by atomic mass is 16.6. The molecule has 0 radical (unpaired) electrons. The summed E-state index contributed by atoms with van der Waals surface area (Å²) >= 11 is 0. The molecule has 1 aromatic carbocycles. The maximum atomic E-state index is 12.6. The van der Waals surface area contributed by atoms with Crippen LogP contribution in [0.1, 0.15) is 32.9 Å². The fourth-order valence-corrected chi connectivity index (χ4v) is 2.59. The van der Waals surface area contributed by atoms with Crippen LogP contribution in [0.15, 0.2) is 35.0 Å². The number of hydrogen-bond acceptors (Lipinski definition) is 6. The van der Waals surface area contributed by atoms with E-state index in [2.05, 4.69) is 15.6 Å². The third-order valence-corrected chi connectivity index (χ3v) is 3.96. The number of nitro groups is 1. The van der Waals surface area contributed by atoms with Gasteiger partial charge in [0, 0.05) is 5.69 Å². The minimum atomic E-state index is -0.579. The molecule has 0 spiro atoms. The summed E-state index contributed by atoms with van der Waals surface area (Å²) in [5.41, 5.74) is 3.36. The molecular formula is C17H17N5O4. The number of aryl methyl sites for hydroxylation is 3. The monoisotopic (exact) mass is 355 g/mol. The summed E-state index contributed by atoms with van der Waals surface area (Å²) in [7, 11) is 0. The maximum Gasteiger partial charge on any atom is 0.389 e. The van der Waals surface area contributed by atoms with Crippen LogP contribution in [-0.4, -0.2) is 25.8 Å². The zero-order valence-electron chi connectivity index (χ0n) is 14.5. The Balaban J connectivity index is 1.84. The Kier molecular flexibility index (Phi) is 4.53. The third kappa shape index (κ3) is 3.46. The quantitative estimate of drug-likeness (QED) is 0.555. The van der Waals surface area contributed by atoms with Crippen LogP contribution in [0.2, 0.25) is 0 Å². The van der Waals surface area contributed by atoms with Crippen LogP contribution in [-0.2, 0) is 6.54 Å². The Morgan fingerprint density at radius 3 is 2.73 bits per heavy atom. The zero-order chi connectivity index (χ0) is 18.8. The van der Waals surface area contributed by atoms with Crippen LogP contribution in [0.25, 0.3) is 0 Å². The number of carbonyl (C=O) groups is 1. The highest BCUT2D eigenvalue weighted by Crippen LogP contribution is 2.20. The molecule has 9 heteroatoms. The van der Waals surface area contributed by atoms with Gasteiger partial charge in [-0.15, -0.1) is 0 Å². The largest absolute Gasteiger partial charge is 0.389 e. The van der Waals surface area contributed by atoms with Crippen molar-refractivity contribution in [3.63, 3.8) is 0 Å². The molecule has 0 fully saturated rings. The molecule has 0 aliphatic heterocycles. The van der Waals surface area contributed by atoms with Crippen LogP contribution in [0.5, 0.6) is 0 Å². The minimum Gasteiger partial charge on any atom is -0.361 e. The van der Waals surface area contributed by atoms with Crippen molar-refractivity contribution in [2.75, 3.05) is 5.32 Å². The SMILES string of the molecule is Cc1ccc(NC(=O)c2noc(C)c2Cn2ccc([N+](=O)[O-])n2)c(C)c1. The number of carbonyl (C=O) groups excluding carboxylic acids is 1. The molecule has 1 amide bonds. The lowest BCUT2D eigenvalue weighted by atomic mass is 10.1. The van der Waals surface area contributed by atoms with E-state index >= 15 is 0 Å². The highest BCUT2D eigenvalue weighted by Gasteiger charge is 2.22. The number of amides is 1. The van der Waals surface area contributed by atoms with E-state index in [1.54, 1.807) is 6.92 Å². The van der Waals surface area contributed by atoms with Gasteiger partial charge in [-0.25, -0.2) is 0 Å². The topological polar surface area (TPSA) is 116 Å². The normalized spacial score (nSPS) is 10.7. The molecule has 3 rings (SSSR count). The van der Waals surface area contributed by atoms with Crippen LogP contribution in [0.3, 0.4) is 0 Å². The standard InChI is InChI=1S/C17H17N5O4/c1-10-4-5-14(11(2)8-10)18-17(23)16-13(12(3)26-20-16)9-21-7-6-15(19-21)22(24)25/h4-8H,9H2,1-3H3,(H,18,23). The van der Waals surface area contributed by atoms with E-state index in [0.29, 0.717) is 17.0 Å². The molecule has 0 saturated heterocycles. The molecular weight excluding hydrogens is 338 g/mol. The van der Waals surface area contributed by atoms with Gasteiger partial charge in [-0.3, -0.25) is 4.79 Å². The van der Waals surface area contributed by atoms with E-state index in [4.69, 9.17) is 4.52 Å². The van der Waals surface area contributed by atoms with Crippen LogP contribution in [0, 0.1) is 30.9 Å². The lowest BCUT2D eigenvalue weighted by Gasteiger charge is -2.08. The van der Waals surface area contributed by atoms with Crippen molar-refractivity contribution >= 4 is 17.4 Å². The first-order valence-corrected chi connectivity index (χ1v) is 7.86. The van der Waals surface area contributed by atoms with E-state index in [1.807, 2.05) is 32.0 Å². The van der Waals surface area contributed by atoms with Gasteiger partial charge in [0.15, 0.2) is 5.69 Å². The number of anilines is 1. The number of aromatic nitrogens is 3. The van der Waals surface area contributed by atoms with Gasteiger partial charge in [0.1, 0.15) is 5.76 Å². The second-order valence-electron chi connectivity index (χ2n) is 5.97. The summed E-state index contributed by atoms with van der Waals surface area (Å²) in [4.78, 5) is 22.8. The van der Waals surface area contributed by atoms with Crippen molar-refractivity contribution in [2.24, 2.45) is 0 Å². The highest BCUT2D eigenvalue weighted by molar-refractivity contribution is 6.04. The Morgan fingerprint density at radius 2 is 2.08 bits per heavy atom. The van der Waals surface area contributed by atoms with Crippen LogP contribution >= 0.6 is 0 Å². The molecule has 1 N–H and O–H groups in total. The van der Waals surface area contributed by atoms with Crippen molar-refractivity contribution in [3.05, 3.63) is 68.7 Å². The van der Waals surface area contributed by atoms with Crippen molar-refractivity contribution in [2.45, 2.75) is 27.3 Å². The molecule has 0 bridgehead atoms. The van der Waals surface area contributed by atoms with Gasteiger partial charge in [0.2, 0.25) is 0 Å². The average Bonchev–Trinajstić information content (AvgIpc) is 3.18. The number of hydrogen-bond donors (Lipinski definition) is 1. The van der Waals surface area contributed by atoms with E-state index in [0.717, 1.165) is 11.1 Å². The van der Waals surface area contributed by atoms with Crippen molar-refractivity contribution < 1.29 is 14.2 Å². The van der Waals surface area contributed by atoms with Gasteiger partial charge in [0.05, 0.1) is 29.5 Å². The molecule has 0 saturated carbocycles. The van der Waals surface area contributed by atoms with Gasteiger partial charge in [-0.2, -0.15) is 4.68 Å². The predicted molar refractivity (Wildman–Crippen MR) is 93.1 cm³/mol. The predicted octanol–water partition coefficient (Wildman–Crippen LogP) is 3.01. The summed E-state index contributed by atoms with van der Waals surface area (Å²) < 4.78 is 6.51. The van der Waals surface area contributed by atoms with Crippen LogP contribution < -0.4 is 5.32 Å². The molecule has 2 heterocycles. The van der Waals surface area contributed by atoms with Gasteiger partial charge >= 0.3 is 5.82 Å². The average molecular weight is 355 g/mol. The molecule has 0 aliphatic carbocycles. The fraction of sp³-hybridized carbons (Fsp3) is 0.235. The summed E-state index contributed by atoms with van der Waals surface area (Å²) in [6.07, 6.45) is 1.47. The van der Waals surface area contributed by atoms with Crippen molar-refractivity contribution in [3.8, 4) is 0 Å². The molecule has 26 heavy (non-hydrogen) atoms. The molecule has 0 unspecified atom stereocenters. The molecule has 3 aromatic rings. The van der Waals surface area contributed by atoms with Crippen molar-refractivity contribution in [1.82, 2.24) is 14.9 Å². The maximum absolute atomic E-state index is 12.6. The summed E-state index contributed by atoms with van der Waals surface area (Å²) in [6, 6.07) is 6.98. The first kappa shape index (κ1) is 17.3. The molecule has 134 valence electrons. The Morgan fingerprint density at radius 1 is 1.31 bits per heavy atom. The fourth-order valence-electron chi connectivity index (χ4n) is 2.59. The Bertz CT molecular complexity index is 989. The number of nitrogens with one attached hydrogen (secondary N) is 1. The minimum absolute atomic E-state index is 0.126. The second kappa shape index (κ2) is 6.79. The lowest BCUT2D eigenvalue weighted by Crippen LogP contribution is -2.16. The van der Waals surface area contributed by atoms with Gasteiger partial charge in [-0.05, 0) is 37.3 Å². The van der Waals surface area contributed by atoms with Gasteiger partial charge in [-0.1, -0.05) is 22.9 Å². The Hall–Kier alpha value is -3.49. The zero-order valence-corrected chi connectivity index (χ0v) is 14.5. The van der Waals surface area contributed by atoms with Crippen LogP contribution in [0.4, 0.5) is 11.5 Å². The van der Waals surface area contributed by atoms with Crippen molar-refractivity contribution in [1.29, 1.82) is 0 Å². The first-order valence-electron chi connectivity index (χ1n) is 7.86. The van der Waals surface area contributed by atoms with E-state index < -0.39 is 10.8 Å². The first-order chi connectivity index (χ1) is 12.3. The number of benzene rings is 1. The summed E-state index contributed by atoms with van der Waals surface area (Å²) in [5.74, 6) is -0.222. The molecule has 9 nitrogen and oxygen atoms in total. The summed E-state index contributed by atoms with van der Waals surface area (Å²) in [6.45, 7) is 5.69. The Labute approximate surface area is 148 Å². The second-order valence-corrected chi connectivity index (χ2v) is 5.97. The molecule has 0 atom stereocenters. The van der Waals surface area contributed by atoms with E-state index in [-0.39, 0.29) is 18.1 Å². The number of rotatable bonds is 5. The lowest BCUT2D eigenvalue weighted by molar-refractivity contribution is -0.389. The molecule has 0 aliphatic rings. The molecule has 2 aromatic heterocycles. The van der Waals surface area contributed by atoms with E-state index in [1.165, 1.54) is 16.9 Å². The van der Waals surface area contributed by atoms with Gasteiger partial charge < -0.3 is 20.0 Å². The smallest absolute Gasteiger partial charge is 0.361 e.